The van der Waals surface area contributed by atoms with Crippen LogP contribution in [0.3, 0.4) is 0 Å². The molecule has 0 radical (unpaired) electrons. The molecule has 154 valence electrons. The summed E-state index contributed by atoms with van der Waals surface area (Å²) < 4.78 is 11.3. The molecule has 0 aliphatic carbocycles. The van der Waals surface area contributed by atoms with Crippen LogP contribution < -0.4 is 10.6 Å². The first-order chi connectivity index (χ1) is 14.5. The zero-order valence-electron chi connectivity index (χ0n) is 15.9. The van der Waals surface area contributed by atoms with Crippen LogP contribution in [0.2, 0.25) is 0 Å². The number of imide groups is 1. The Hall–Kier alpha value is -4.28. The Morgan fingerprint density at radius 1 is 1.17 bits per heavy atom. The molecule has 1 aromatic carbocycles. The zero-order valence-corrected chi connectivity index (χ0v) is 15.9. The summed E-state index contributed by atoms with van der Waals surface area (Å²) in [5.74, 6) is -0.749. The van der Waals surface area contributed by atoms with E-state index in [2.05, 4.69) is 26.2 Å². The van der Waals surface area contributed by atoms with E-state index in [1.165, 1.54) is 17.0 Å². The van der Waals surface area contributed by atoms with Crippen LogP contribution in [0.5, 0.6) is 0 Å². The molecule has 0 aliphatic rings. The van der Waals surface area contributed by atoms with Gasteiger partial charge in [0.15, 0.2) is 18.1 Å². The summed E-state index contributed by atoms with van der Waals surface area (Å²) in [6.45, 7) is 1.05. The van der Waals surface area contributed by atoms with E-state index in [1.54, 1.807) is 43.3 Å². The Morgan fingerprint density at radius 2 is 1.97 bits per heavy atom. The van der Waals surface area contributed by atoms with Crippen molar-refractivity contribution >= 4 is 29.7 Å². The normalized spacial score (nSPS) is 11.0. The van der Waals surface area contributed by atoms with Gasteiger partial charge in [0.25, 0.3) is 5.91 Å². The Morgan fingerprint density at radius 3 is 2.63 bits per heavy atom. The highest BCUT2D eigenvalue weighted by Gasteiger charge is 2.19. The highest BCUT2D eigenvalue weighted by Crippen LogP contribution is 2.13. The second-order valence-electron chi connectivity index (χ2n) is 5.96. The van der Waals surface area contributed by atoms with Crippen LogP contribution in [-0.2, 0) is 20.9 Å². The minimum atomic E-state index is -0.833. The second-order valence-corrected chi connectivity index (χ2v) is 5.96. The molecule has 2 N–H and O–H groups in total. The van der Waals surface area contributed by atoms with Gasteiger partial charge in [0, 0.05) is 0 Å². The fourth-order valence-electron chi connectivity index (χ4n) is 2.36. The van der Waals surface area contributed by atoms with Crippen molar-refractivity contribution < 1.29 is 23.5 Å². The molecule has 3 aromatic rings. The smallest absolute Gasteiger partial charge is 0.357 e. The Labute approximate surface area is 170 Å². The average Bonchev–Trinajstić information content (AvgIpc) is 3.41. The third kappa shape index (κ3) is 5.61. The number of amides is 3. The molecule has 0 spiro atoms. The summed E-state index contributed by atoms with van der Waals surface area (Å²) in [6.07, 6.45) is 2.99. The summed E-state index contributed by atoms with van der Waals surface area (Å²) in [5.41, 5.74) is 0.722. The van der Waals surface area contributed by atoms with Gasteiger partial charge in [-0.25, -0.2) is 9.59 Å². The molecule has 11 nitrogen and oxygen atoms in total. The number of hydrogen-bond donors (Lipinski definition) is 2. The highest BCUT2D eigenvalue weighted by atomic mass is 16.5. The van der Waals surface area contributed by atoms with Gasteiger partial charge in [-0.15, -0.1) is 5.10 Å². The quantitative estimate of drug-likeness (QED) is 0.436. The number of rotatable bonds is 7. The predicted molar refractivity (Wildman–Crippen MR) is 103 cm³/mol. The van der Waals surface area contributed by atoms with Gasteiger partial charge in [-0.3, -0.25) is 10.1 Å². The number of aryl methyl sites for hydroxylation is 1. The van der Waals surface area contributed by atoms with Crippen LogP contribution >= 0.6 is 0 Å². The van der Waals surface area contributed by atoms with E-state index in [0.717, 1.165) is 0 Å². The van der Waals surface area contributed by atoms with Gasteiger partial charge in [0.1, 0.15) is 5.76 Å². The van der Waals surface area contributed by atoms with E-state index in [9.17, 15) is 14.4 Å². The molecule has 11 heteroatoms. The first-order valence-electron chi connectivity index (χ1n) is 8.82. The zero-order chi connectivity index (χ0) is 21.3. The number of nitrogens with zero attached hydrogens (tertiary/aromatic N) is 4. The summed E-state index contributed by atoms with van der Waals surface area (Å²) in [5, 5.41) is 15.5. The molecule has 30 heavy (non-hydrogen) atoms. The Bertz CT molecular complexity index is 1040. The Kier molecular flexibility index (Phi) is 6.66. The lowest BCUT2D eigenvalue weighted by molar-refractivity contribution is -0.142. The predicted octanol–water partition coefficient (Wildman–Crippen LogP) is 1.14. The van der Waals surface area contributed by atoms with E-state index in [1.807, 2.05) is 6.07 Å². The molecule has 0 saturated carbocycles. The number of tetrazole rings is 1. The topological polar surface area (TPSA) is 141 Å². The molecule has 2 heterocycles. The molecule has 3 rings (SSSR count). The standard InChI is InChI=1S/C19H18N6O5/c1-13-22-23-24-25(13)16(10-14-6-3-2-4-7-14)18(27)30-12-17(26)21-19(28)20-11-15-8-5-9-29-15/h2-10H,11-12H2,1H3,(H2,20,21,26,28)/b16-10+. The number of furan rings is 1. The van der Waals surface area contributed by atoms with Gasteiger partial charge < -0.3 is 14.5 Å². The van der Waals surface area contributed by atoms with Gasteiger partial charge in [-0.2, -0.15) is 4.68 Å². The van der Waals surface area contributed by atoms with Crippen molar-refractivity contribution in [1.29, 1.82) is 0 Å². The SMILES string of the molecule is Cc1nnnn1/C(=C/c1ccccc1)C(=O)OCC(=O)NC(=O)NCc1ccco1. The fourth-order valence-corrected chi connectivity index (χ4v) is 2.36. The maximum absolute atomic E-state index is 12.6. The minimum absolute atomic E-state index is 0.0128. The molecular weight excluding hydrogens is 392 g/mol. The van der Waals surface area contributed by atoms with Crippen molar-refractivity contribution in [3.8, 4) is 0 Å². The van der Waals surface area contributed by atoms with Crippen molar-refractivity contribution in [2.75, 3.05) is 6.61 Å². The summed E-state index contributed by atoms with van der Waals surface area (Å²) in [4.78, 5) is 36.2. The molecular formula is C19H18N6O5. The van der Waals surface area contributed by atoms with Gasteiger partial charge in [0.05, 0.1) is 12.8 Å². The van der Waals surface area contributed by atoms with Crippen molar-refractivity contribution in [1.82, 2.24) is 30.8 Å². The summed E-state index contributed by atoms with van der Waals surface area (Å²) in [6, 6.07) is 11.6. The van der Waals surface area contributed by atoms with Crippen molar-refractivity contribution in [2.45, 2.75) is 13.5 Å². The summed E-state index contributed by atoms with van der Waals surface area (Å²) >= 11 is 0. The molecule has 2 aromatic heterocycles. The second kappa shape index (κ2) is 9.78. The average molecular weight is 410 g/mol. The maximum atomic E-state index is 12.6. The molecule has 0 fully saturated rings. The number of benzene rings is 1. The van der Waals surface area contributed by atoms with Crippen LogP contribution in [0, 0.1) is 6.92 Å². The molecule has 0 bridgehead atoms. The van der Waals surface area contributed by atoms with Crippen LogP contribution in [0.15, 0.2) is 53.1 Å². The third-order valence-electron chi connectivity index (χ3n) is 3.76. The highest BCUT2D eigenvalue weighted by molar-refractivity contribution is 6.15. The van der Waals surface area contributed by atoms with Crippen molar-refractivity contribution in [2.24, 2.45) is 0 Å². The van der Waals surface area contributed by atoms with E-state index >= 15 is 0 Å². The monoisotopic (exact) mass is 410 g/mol. The lowest BCUT2D eigenvalue weighted by Gasteiger charge is -2.09. The minimum Gasteiger partial charge on any atom is -0.467 e. The molecule has 0 aliphatic heterocycles. The van der Waals surface area contributed by atoms with Crippen LogP contribution in [0.25, 0.3) is 11.8 Å². The van der Waals surface area contributed by atoms with Gasteiger partial charge in [-0.05, 0) is 41.1 Å². The fraction of sp³-hybridized carbons (Fsp3) is 0.158. The molecule has 0 saturated heterocycles. The van der Waals surface area contributed by atoms with E-state index in [0.29, 0.717) is 17.1 Å². The van der Waals surface area contributed by atoms with E-state index in [-0.39, 0.29) is 12.2 Å². The third-order valence-corrected chi connectivity index (χ3v) is 3.76. The number of carbonyl (C=O) groups is 3. The van der Waals surface area contributed by atoms with E-state index in [4.69, 9.17) is 9.15 Å². The number of urea groups is 1. The largest absolute Gasteiger partial charge is 0.467 e. The molecule has 3 amide bonds. The van der Waals surface area contributed by atoms with Crippen LogP contribution in [-0.4, -0.2) is 44.7 Å². The molecule has 0 atom stereocenters. The van der Waals surface area contributed by atoms with Crippen molar-refractivity contribution in [3.05, 3.63) is 65.9 Å². The van der Waals surface area contributed by atoms with Crippen LogP contribution in [0.4, 0.5) is 4.79 Å². The van der Waals surface area contributed by atoms with E-state index < -0.39 is 24.5 Å². The summed E-state index contributed by atoms with van der Waals surface area (Å²) in [7, 11) is 0. The van der Waals surface area contributed by atoms with Crippen molar-refractivity contribution in [3.63, 3.8) is 0 Å². The number of hydrogen-bond acceptors (Lipinski definition) is 8. The lowest BCUT2D eigenvalue weighted by atomic mass is 10.2. The number of nitrogens with one attached hydrogen (secondary N) is 2. The molecule has 0 unspecified atom stereocenters. The first-order valence-corrected chi connectivity index (χ1v) is 8.82. The van der Waals surface area contributed by atoms with Gasteiger partial charge in [0.2, 0.25) is 0 Å². The lowest BCUT2D eigenvalue weighted by Crippen LogP contribution is -2.41. The van der Waals surface area contributed by atoms with Gasteiger partial charge in [-0.1, -0.05) is 30.3 Å². The number of esters is 1. The van der Waals surface area contributed by atoms with Crippen LogP contribution in [0.1, 0.15) is 17.1 Å². The number of aromatic nitrogens is 4. The first kappa shape index (κ1) is 20.5. The number of ether oxygens (including phenoxy) is 1. The Balaban J connectivity index is 1.59. The maximum Gasteiger partial charge on any atom is 0.357 e. The van der Waals surface area contributed by atoms with Gasteiger partial charge >= 0.3 is 12.0 Å². The number of carbonyl (C=O) groups excluding carboxylic acids is 3.